The first kappa shape index (κ1) is 29.8. The zero-order chi connectivity index (χ0) is 29.6. The number of nitrogens with one attached hydrogen (secondary N) is 2. The topological polar surface area (TPSA) is 124 Å². The predicted molar refractivity (Wildman–Crippen MR) is 164 cm³/mol. The Morgan fingerprint density at radius 2 is 1.93 bits per heavy atom. The molecule has 1 aliphatic rings. The first-order valence-electron chi connectivity index (χ1n) is 13.6. The summed E-state index contributed by atoms with van der Waals surface area (Å²) in [5, 5.41) is 16.9. The van der Waals surface area contributed by atoms with Gasteiger partial charge in [0.25, 0.3) is 5.91 Å². The molecule has 5 rings (SSSR count). The molecule has 1 aliphatic carbocycles. The maximum atomic E-state index is 13.5. The van der Waals surface area contributed by atoms with Crippen LogP contribution in [0.5, 0.6) is 5.75 Å². The molecule has 0 spiro atoms. The normalized spacial score (nSPS) is 13.2. The maximum Gasteiger partial charge on any atom is 0.341 e. The molecular weight excluding hydrogens is 595 g/mol. The maximum absolute atomic E-state index is 13.5. The van der Waals surface area contributed by atoms with E-state index in [4.69, 9.17) is 9.47 Å². The fraction of sp³-hybridized carbons (Fsp3) is 0.345. The quantitative estimate of drug-likeness (QED) is 0.165. The number of thiophene rings is 2. The average molecular weight is 626 g/mol. The number of ether oxygens (including phenoxy) is 2. The van der Waals surface area contributed by atoms with Crippen LogP contribution in [0.15, 0.2) is 46.9 Å². The van der Waals surface area contributed by atoms with Crippen molar-refractivity contribution in [2.45, 2.75) is 56.5 Å². The van der Waals surface area contributed by atoms with Gasteiger partial charge in [-0.15, -0.1) is 32.9 Å². The number of esters is 1. The van der Waals surface area contributed by atoms with Gasteiger partial charge in [0.1, 0.15) is 10.8 Å². The molecule has 0 bridgehead atoms. The van der Waals surface area contributed by atoms with E-state index in [-0.39, 0.29) is 25.0 Å². The number of hydrogen-bond acceptors (Lipinski definition) is 10. The smallest absolute Gasteiger partial charge is 0.341 e. The van der Waals surface area contributed by atoms with Gasteiger partial charge in [-0.05, 0) is 68.7 Å². The molecule has 0 aliphatic heterocycles. The number of nitrogens with zero attached hydrogens (tertiary/aromatic N) is 3. The molecule has 4 aromatic rings. The molecule has 0 saturated heterocycles. The van der Waals surface area contributed by atoms with Crippen molar-refractivity contribution in [1.29, 1.82) is 0 Å². The van der Waals surface area contributed by atoms with Crippen molar-refractivity contribution in [3.05, 3.63) is 68.5 Å². The molecule has 2 amide bonds. The van der Waals surface area contributed by atoms with Crippen molar-refractivity contribution in [1.82, 2.24) is 20.1 Å². The highest BCUT2D eigenvalue weighted by Crippen LogP contribution is 2.39. The Hall–Kier alpha value is -3.68. The van der Waals surface area contributed by atoms with Crippen LogP contribution in [0.3, 0.4) is 0 Å². The minimum Gasteiger partial charge on any atom is -0.495 e. The number of rotatable bonds is 11. The van der Waals surface area contributed by atoms with Gasteiger partial charge < -0.3 is 20.1 Å². The minimum absolute atomic E-state index is 0.118. The molecule has 2 N–H and O–H groups in total. The third-order valence-electron chi connectivity index (χ3n) is 6.72. The highest BCUT2D eigenvalue weighted by atomic mass is 32.2. The summed E-state index contributed by atoms with van der Waals surface area (Å²) in [5.74, 6) is 0.182. The first-order valence-corrected chi connectivity index (χ1v) is 16.2. The van der Waals surface area contributed by atoms with E-state index in [9.17, 15) is 14.4 Å². The molecule has 0 saturated carbocycles. The zero-order valence-corrected chi connectivity index (χ0v) is 25.9. The van der Waals surface area contributed by atoms with Crippen LogP contribution >= 0.6 is 34.4 Å². The van der Waals surface area contributed by atoms with Crippen LogP contribution in [0.25, 0.3) is 5.69 Å². The largest absolute Gasteiger partial charge is 0.495 e. The molecule has 3 aromatic heterocycles. The lowest BCUT2D eigenvalue weighted by molar-refractivity contribution is -0.115. The van der Waals surface area contributed by atoms with Gasteiger partial charge in [0.2, 0.25) is 5.91 Å². The standard InChI is InChI=1S/C29H31N5O5S3/c1-4-39-28(37)24-18-10-5-8-13-21(18)42-27(24)31-25(35)17(2)41-29-33-32-23(16-30-26(36)22-14-9-15-40-22)34(29)19-11-6-7-12-20(19)38-3/h6-7,9,11-12,14-15,17H,4-5,8,10,13,16H2,1-3H3,(H,30,36)(H,31,35)/t17-/m0/s1. The van der Waals surface area contributed by atoms with E-state index in [0.29, 0.717) is 37.9 Å². The van der Waals surface area contributed by atoms with Crippen LogP contribution in [0.2, 0.25) is 0 Å². The van der Waals surface area contributed by atoms with Crippen LogP contribution in [-0.4, -0.2) is 51.5 Å². The van der Waals surface area contributed by atoms with E-state index < -0.39 is 11.2 Å². The molecule has 220 valence electrons. The van der Waals surface area contributed by atoms with Crippen LogP contribution in [0.1, 0.15) is 63.0 Å². The first-order chi connectivity index (χ1) is 20.4. The Bertz CT molecular complexity index is 1580. The number of fused-ring (bicyclic) bond motifs is 1. The molecule has 0 unspecified atom stereocenters. The molecule has 3 heterocycles. The van der Waals surface area contributed by atoms with Crippen molar-refractivity contribution >= 4 is 57.2 Å². The van der Waals surface area contributed by atoms with Crippen molar-refractivity contribution in [2.75, 3.05) is 19.0 Å². The number of aromatic nitrogens is 3. The Balaban J connectivity index is 1.39. The summed E-state index contributed by atoms with van der Waals surface area (Å²) in [6.07, 6.45) is 3.75. The lowest BCUT2D eigenvalue weighted by atomic mass is 9.95. The number of carbonyl (C=O) groups excluding carboxylic acids is 3. The van der Waals surface area contributed by atoms with E-state index in [1.165, 1.54) is 34.4 Å². The Morgan fingerprint density at radius 3 is 2.69 bits per heavy atom. The fourth-order valence-corrected chi connectivity index (χ4v) is 7.50. The van der Waals surface area contributed by atoms with Gasteiger partial charge in [-0.2, -0.15) is 0 Å². The number of amides is 2. The Morgan fingerprint density at radius 1 is 1.12 bits per heavy atom. The van der Waals surface area contributed by atoms with E-state index in [0.717, 1.165) is 36.1 Å². The highest BCUT2D eigenvalue weighted by molar-refractivity contribution is 8.00. The van der Waals surface area contributed by atoms with Crippen molar-refractivity contribution in [2.24, 2.45) is 0 Å². The van der Waals surface area contributed by atoms with Crippen LogP contribution in [-0.2, 0) is 28.9 Å². The SMILES string of the molecule is CCOC(=O)c1c(NC(=O)[C@H](C)Sc2nnc(CNC(=O)c3cccs3)n2-c2ccccc2OC)sc2c1CCCC2. The molecule has 10 nitrogen and oxygen atoms in total. The van der Waals surface area contributed by atoms with Crippen molar-refractivity contribution in [3.8, 4) is 11.4 Å². The van der Waals surface area contributed by atoms with E-state index >= 15 is 0 Å². The number of para-hydroxylation sites is 2. The molecule has 1 atom stereocenters. The lowest BCUT2D eigenvalue weighted by Gasteiger charge is -2.16. The average Bonchev–Trinajstić information content (AvgIpc) is 3.75. The lowest BCUT2D eigenvalue weighted by Crippen LogP contribution is -2.25. The van der Waals surface area contributed by atoms with Crippen molar-refractivity contribution in [3.63, 3.8) is 0 Å². The van der Waals surface area contributed by atoms with E-state index in [2.05, 4.69) is 20.8 Å². The number of thioether (sulfide) groups is 1. The molecular formula is C29H31N5O5S3. The predicted octanol–water partition coefficient (Wildman–Crippen LogP) is 5.50. The summed E-state index contributed by atoms with van der Waals surface area (Å²) < 4.78 is 12.7. The van der Waals surface area contributed by atoms with Gasteiger partial charge in [0.15, 0.2) is 11.0 Å². The fourth-order valence-electron chi connectivity index (χ4n) is 4.70. The summed E-state index contributed by atoms with van der Waals surface area (Å²) in [4.78, 5) is 40.7. The molecule has 13 heteroatoms. The second-order valence-electron chi connectivity index (χ2n) is 9.45. The third-order valence-corrected chi connectivity index (χ3v) is 9.84. The van der Waals surface area contributed by atoms with E-state index in [1.807, 2.05) is 35.7 Å². The number of methoxy groups -OCH3 is 1. The second-order valence-corrected chi connectivity index (χ2v) is 12.8. The molecule has 0 radical (unpaired) electrons. The Labute approximate surface area is 255 Å². The zero-order valence-electron chi connectivity index (χ0n) is 23.5. The summed E-state index contributed by atoms with van der Waals surface area (Å²) >= 11 is 4.03. The van der Waals surface area contributed by atoms with Gasteiger partial charge >= 0.3 is 5.97 Å². The van der Waals surface area contributed by atoms with Crippen LogP contribution < -0.4 is 15.4 Å². The molecule has 0 fully saturated rings. The summed E-state index contributed by atoms with van der Waals surface area (Å²) in [7, 11) is 1.58. The number of hydrogen-bond donors (Lipinski definition) is 2. The van der Waals surface area contributed by atoms with Gasteiger partial charge in [-0.1, -0.05) is 30.0 Å². The van der Waals surface area contributed by atoms with Crippen LogP contribution in [0.4, 0.5) is 5.00 Å². The minimum atomic E-state index is -0.592. The summed E-state index contributed by atoms with van der Waals surface area (Å²) in [6, 6.07) is 11.0. The van der Waals surface area contributed by atoms with E-state index in [1.54, 1.807) is 31.6 Å². The monoisotopic (exact) mass is 625 g/mol. The second kappa shape index (κ2) is 13.5. The Kier molecular flexibility index (Phi) is 9.60. The molecule has 1 aromatic carbocycles. The molecule has 42 heavy (non-hydrogen) atoms. The van der Waals surface area contributed by atoms with Crippen molar-refractivity contribution < 1.29 is 23.9 Å². The number of anilines is 1. The number of benzene rings is 1. The van der Waals surface area contributed by atoms with Crippen LogP contribution in [0, 0.1) is 0 Å². The third kappa shape index (κ3) is 6.37. The number of aryl methyl sites for hydroxylation is 1. The van der Waals surface area contributed by atoms with Gasteiger partial charge in [-0.25, -0.2) is 4.79 Å². The highest BCUT2D eigenvalue weighted by Gasteiger charge is 2.29. The number of carbonyl (C=O) groups is 3. The van der Waals surface area contributed by atoms with Gasteiger partial charge in [0, 0.05) is 4.88 Å². The van der Waals surface area contributed by atoms with Gasteiger partial charge in [0.05, 0.1) is 41.6 Å². The van der Waals surface area contributed by atoms with Gasteiger partial charge in [-0.3, -0.25) is 14.2 Å². The summed E-state index contributed by atoms with van der Waals surface area (Å²) in [5.41, 5.74) is 2.14. The summed E-state index contributed by atoms with van der Waals surface area (Å²) in [6.45, 7) is 3.93.